The average molecular weight is 427 g/mol. The number of nitrogens with zero attached hydrogens (tertiary/aromatic N) is 2. The molecule has 158 valence electrons. The normalized spacial score (nSPS) is 24.0. The molecule has 0 spiro atoms. The van der Waals surface area contributed by atoms with E-state index in [0.717, 1.165) is 37.0 Å². The first kappa shape index (κ1) is 22.4. The summed E-state index contributed by atoms with van der Waals surface area (Å²) < 4.78 is 0. The van der Waals surface area contributed by atoms with Crippen LogP contribution in [0, 0.1) is 17.3 Å². The molecule has 2 aliphatic rings. The van der Waals surface area contributed by atoms with Crippen molar-refractivity contribution in [1.29, 1.82) is 0 Å². The van der Waals surface area contributed by atoms with Gasteiger partial charge >= 0.3 is 0 Å². The van der Waals surface area contributed by atoms with E-state index in [1.807, 2.05) is 12.1 Å². The van der Waals surface area contributed by atoms with Gasteiger partial charge in [0.05, 0.1) is 6.10 Å². The summed E-state index contributed by atoms with van der Waals surface area (Å²) >= 11 is 12.3. The molecule has 2 aliphatic heterocycles. The number of aliphatic hydroxyl groups excluding tert-OH is 1. The zero-order valence-electron chi connectivity index (χ0n) is 17.6. The minimum Gasteiger partial charge on any atom is -0.393 e. The van der Waals surface area contributed by atoms with E-state index < -0.39 is 0 Å². The van der Waals surface area contributed by atoms with Crippen LogP contribution in [-0.2, 0) is 6.54 Å². The molecule has 0 aliphatic carbocycles. The first-order valence-corrected chi connectivity index (χ1v) is 11.5. The molecule has 1 N–H and O–H groups in total. The van der Waals surface area contributed by atoms with Gasteiger partial charge < -0.3 is 10.0 Å². The highest BCUT2D eigenvalue weighted by Crippen LogP contribution is 2.30. The van der Waals surface area contributed by atoms with Crippen molar-refractivity contribution in [3.8, 4) is 0 Å². The van der Waals surface area contributed by atoms with E-state index in [1.54, 1.807) is 0 Å². The summed E-state index contributed by atoms with van der Waals surface area (Å²) in [5.74, 6) is 1.43. The number of hydrogen-bond acceptors (Lipinski definition) is 3. The zero-order valence-corrected chi connectivity index (χ0v) is 19.1. The second kappa shape index (κ2) is 9.66. The summed E-state index contributed by atoms with van der Waals surface area (Å²) in [5, 5.41) is 11.9. The van der Waals surface area contributed by atoms with Crippen molar-refractivity contribution in [3.05, 3.63) is 33.8 Å². The topological polar surface area (TPSA) is 26.7 Å². The lowest BCUT2D eigenvalue weighted by molar-refractivity contribution is 0.0285. The van der Waals surface area contributed by atoms with Crippen molar-refractivity contribution >= 4 is 23.2 Å². The number of likely N-dealkylation sites (tertiary alicyclic amines) is 2. The first-order chi connectivity index (χ1) is 13.2. The molecule has 0 bridgehead atoms. The fourth-order valence-electron chi connectivity index (χ4n) is 4.54. The Kier molecular flexibility index (Phi) is 7.72. The van der Waals surface area contributed by atoms with Gasteiger partial charge in [-0.1, -0.05) is 50.0 Å². The van der Waals surface area contributed by atoms with E-state index in [9.17, 15) is 5.11 Å². The Balaban J connectivity index is 1.39. The summed E-state index contributed by atoms with van der Waals surface area (Å²) in [4.78, 5) is 5.16. The maximum atomic E-state index is 10.4. The van der Waals surface area contributed by atoms with Crippen molar-refractivity contribution < 1.29 is 5.11 Å². The third kappa shape index (κ3) is 6.34. The lowest BCUT2D eigenvalue weighted by Gasteiger charge is -2.36. The maximum absolute atomic E-state index is 10.4. The van der Waals surface area contributed by atoms with E-state index in [1.165, 1.54) is 44.5 Å². The van der Waals surface area contributed by atoms with Crippen molar-refractivity contribution in [2.24, 2.45) is 17.3 Å². The Hall–Kier alpha value is -0.320. The third-order valence-corrected chi connectivity index (χ3v) is 7.15. The van der Waals surface area contributed by atoms with Gasteiger partial charge in [-0.2, -0.15) is 0 Å². The van der Waals surface area contributed by atoms with Gasteiger partial charge in [0, 0.05) is 29.7 Å². The van der Waals surface area contributed by atoms with E-state index in [0.29, 0.717) is 10.9 Å². The fraction of sp³-hybridized carbons (Fsp3) is 0.739. The molecule has 3 nitrogen and oxygen atoms in total. The van der Waals surface area contributed by atoms with Gasteiger partial charge in [0.2, 0.25) is 0 Å². The van der Waals surface area contributed by atoms with Crippen LogP contribution >= 0.6 is 23.2 Å². The van der Waals surface area contributed by atoms with Crippen LogP contribution in [0.2, 0.25) is 10.0 Å². The van der Waals surface area contributed by atoms with Gasteiger partial charge in [-0.25, -0.2) is 0 Å². The third-order valence-electron chi connectivity index (χ3n) is 6.56. The molecule has 28 heavy (non-hydrogen) atoms. The summed E-state index contributed by atoms with van der Waals surface area (Å²) in [5.41, 5.74) is 1.17. The highest BCUT2D eigenvalue weighted by atomic mass is 35.5. The number of piperidine rings is 1. The van der Waals surface area contributed by atoms with Crippen LogP contribution in [0.15, 0.2) is 18.2 Å². The van der Waals surface area contributed by atoms with Crippen LogP contribution in [0.5, 0.6) is 0 Å². The van der Waals surface area contributed by atoms with Crippen molar-refractivity contribution in [2.75, 3.05) is 32.7 Å². The Morgan fingerprint density at radius 3 is 2.32 bits per heavy atom. The van der Waals surface area contributed by atoms with Gasteiger partial charge in [0.1, 0.15) is 0 Å². The van der Waals surface area contributed by atoms with E-state index in [2.05, 4.69) is 36.6 Å². The molecule has 0 saturated carbocycles. The minimum absolute atomic E-state index is 0.00256. The Labute approximate surface area is 181 Å². The van der Waals surface area contributed by atoms with Crippen LogP contribution in [0.1, 0.15) is 52.0 Å². The molecule has 1 aromatic carbocycles. The SMILES string of the molecule is CC(C)(C)C(O)CC1CCN(C[C@@H]2CCN(Cc3ccc(Cl)cc3Cl)C2)CC1. The number of benzene rings is 1. The summed E-state index contributed by atoms with van der Waals surface area (Å²) in [7, 11) is 0. The van der Waals surface area contributed by atoms with Gasteiger partial charge in [-0.3, -0.25) is 4.90 Å². The molecule has 2 heterocycles. The van der Waals surface area contributed by atoms with Gasteiger partial charge in [-0.15, -0.1) is 0 Å². The minimum atomic E-state index is -0.188. The highest BCUT2D eigenvalue weighted by molar-refractivity contribution is 6.35. The van der Waals surface area contributed by atoms with E-state index in [-0.39, 0.29) is 11.5 Å². The zero-order chi connectivity index (χ0) is 20.3. The fourth-order valence-corrected chi connectivity index (χ4v) is 5.00. The monoisotopic (exact) mass is 426 g/mol. The van der Waals surface area contributed by atoms with Crippen LogP contribution in [0.25, 0.3) is 0 Å². The van der Waals surface area contributed by atoms with E-state index >= 15 is 0 Å². The molecule has 0 aromatic heterocycles. The van der Waals surface area contributed by atoms with Crippen LogP contribution in [0.4, 0.5) is 0 Å². The van der Waals surface area contributed by atoms with Crippen LogP contribution in [-0.4, -0.2) is 53.7 Å². The molecule has 5 heteroatoms. The van der Waals surface area contributed by atoms with Crippen molar-refractivity contribution in [1.82, 2.24) is 9.80 Å². The molecule has 2 fully saturated rings. The number of rotatable bonds is 6. The van der Waals surface area contributed by atoms with Crippen molar-refractivity contribution in [2.45, 2.75) is 59.1 Å². The molecule has 1 aromatic rings. The second-order valence-corrected chi connectivity index (χ2v) is 10.8. The first-order valence-electron chi connectivity index (χ1n) is 10.8. The molecule has 3 rings (SSSR count). The smallest absolute Gasteiger partial charge is 0.0591 e. The van der Waals surface area contributed by atoms with Crippen LogP contribution < -0.4 is 0 Å². The number of aliphatic hydroxyl groups is 1. The molecule has 1 unspecified atom stereocenters. The van der Waals surface area contributed by atoms with Crippen molar-refractivity contribution in [3.63, 3.8) is 0 Å². The van der Waals surface area contributed by atoms with Crippen LogP contribution in [0.3, 0.4) is 0 Å². The summed E-state index contributed by atoms with van der Waals surface area (Å²) in [6, 6.07) is 5.82. The summed E-state index contributed by atoms with van der Waals surface area (Å²) in [6.45, 7) is 13.2. The number of halogens is 2. The molecular weight excluding hydrogens is 391 g/mol. The average Bonchev–Trinajstić information content (AvgIpc) is 3.05. The predicted molar refractivity (Wildman–Crippen MR) is 119 cm³/mol. The predicted octanol–water partition coefficient (Wildman–Crippen LogP) is 5.32. The largest absolute Gasteiger partial charge is 0.393 e. The molecule has 2 atom stereocenters. The second-order valence-electron chi connectivity index (χ2n) is 9.99. The number of hydrogen-bond donors (Lipinski definition) is 1. The lowest BCUT2D eigenvalue weighted by atomic mass is 9.81. The quantitative estimate of drug-likeness (QED) is 0.665. The molecule has 2 saturated heterocycles. The standard InChI is InChI=1S/C23H36Cl2N2O/c1-23(2,3)22(28)12-17-6-9-26(10-7-17)14-18-8-11-27(15-18)16-19-4-5-20(24)13-21(19)25/h4-5,13,17-18,22,28H,6-12,14-16H2,1-3H3/t18-,22?/m0/s1. The van der Waals surface area contributed by atoms with Gasteiger partial charge in [0.15, 0.2) is 0 Å². The van der Waals surface area contributed by atoms with Gasteiger partial charge in [-0.05, 0) is 80.3 Å². The van der Waals surface area contributed by atoms with Gasteiger partial charge in [0.25, 0.3) is 0 Å². The lowest BCUT2D eigenvalue weighted by Crippen LogP contribution is -2.39. The molecule has 0 amide bonds. The Morgan fingerprint density at radius 2 is 1.68 bits per heavy atom. The molecular formula is C23H36Cl2N2O. The Bertz CT molecular complexity index is 638. The Morgan fingerprint density at radius 1 is 1.04 bits per heavy atom. The molecule has 0 radical (unpaired) electrons. The highest BCUT2D eigenvalue weighted by Gasteiger charge is 2.30. The summed E-state index contributed by atoms with van der Waals surface area (Å²) in [6.07, 6.45) is 4.49. The maximum Gasteiger partial charge on any atom is 0.0591 e. The van der Waals surface area contributed by atoms with E-state index in [4.69, 9.17) is 23.2 Å².